The van der Waals surface area contributed by atoms with Crippen molar-refractivity contribution in [2.24, 2.45) is 13.0 Å². The lowest BCUT2D eigenvalue weighted by Gasteiger charge is -2.39. The molecule has 2 fully saturated rings. The Morgan fingerprint density at radius 3 is 2.60 bits per heavy atom. The maximum Gasteiger partial charge on any atom is 0.0547 e. The van der Waals surface area contributed by atoms with Gasteiger partial charge in [-0.25, -0.2) is 0 Å². The molecule has 0 spiro atoms. The maximum atomic E-state index is 9.61. The fraction of sp³-hybridized carbons (Fsp3) is 0.786. The van der Waals surface area contributed by atoms with Gasteiger partial charge in [0.05, 0.1) is 12.3 Å². The molecule has 1 aromatic heterocycles. The van der Waals surface area contributed by atoms with Crippen LogP contribution in [0.25, 0.3) is 0 Å². The van der Waals surface area contributed by atoms with Crippen molar-refractivity contribution < 1.29 is 5.11 Å². The first-order valence-electron chi connectivity index (χ1n) is 7.30. The largest absolute Gasteiger partial charge is 0.393 e. The average Bonchev–Trinajstić information content (AvgIpc) is 2.67. The number of hydrogen-bond acceptors (Lipinski definition) is 5. The minimum Gasteiger partial charge on any atom is -0.393 e. The van der Waals surface area contributed by atoms with E-state index in [0.717, 1.165) is 12.8 Å². The molecule has 1 aromatic rings. The van der Waals surface area contributed by atoms with Crippen molar-refractivity contribution in [2.45, 2.75) is 31.0 Å². The Hall–Kier alpha value is -0.170. The number of aliphatic hydroxyl groups is 1. The number of aromatic nitrogens is 2. The van der Waals surface area contributed by atoms with E-state index in [1.807, 2.05) is 17.9 Å². The Bertz CT molecular complexity index is 426. The van der Waals surface area contributed by atoms with Gasteiger partial charge in [0, 0.05) is 53.9 Å². The monoisotopic (exact) mass is 313 g/mol. The van der Waals surface area contributed by atoms with Crippen molar-refractivity contribution >= 4 is 23.5 Å². The average molecular weight is 313 g/mol. The predicted octanol–water partition coefficient (Wildman–Crippen LogP) is 1.67. The summed E-state index contributed by atoms with van der Waals surface area (Å²) in [6, 6.07) is 0.909. The highest BCUT2D eigenvalue weighted by Crippen LogP contribution is 2.38. The van der Waals surface area contributed by atoms with Gasteiger partial charge in [0.25, 0.3) is 0 Å². The third-order valence-corrected chi connectivity index (χ3v) is 6.65. The Labute approximate surface area is 129 Å². The molecule has 2 aliphatic rings. The number of aryl methyl sites for hydroxylation is 1. The van der Waals surface area contributed by atoms with Gasteiger partial charge in [-0.2, -0.15) is 28.6 Å². The molecule has 3 rings (SSSR count). The van der Waals surface area contributed by atoms with Crippen molar-refractivity contribution in [3.63, 3.8) is 0 Å². The number of aliphatic hydroxyl groups excluding tert-OH is 1. The molecule has 20 heavy (non-hydrogen) atoms. The van der Waals surface area contributed by atoms with Crippen LogP contribution in [0.15, 0.2) is 12.4 Å². The van der Waals surface area contributed by atoms with Gasteiger partial charge >= 0.3 is 0 Å². The minimum absolute atomic E-state index is 0.0983. The molecule has 1 aliphatic heterocycles. The van der Waals surface area contributed by atoms with E-state index < -0.39 is 0 Å². The summed E-state index contributed by atoms with van der Waals surface area (Å²) < 4.78 is 1.87. The maximum absolute atomic E-state index is 9.61. The molecule has 2 heterocycles. The molecule has 2 N–H and O–H groups in total. The zero-order chi connectivity index (χ0) is 13.9. The van der Waals surface area contributed by atoms with Gasteiger partial charge in [-0.15, -0.1) is 0 Å². The molecule has 0 bridgehead atoms. The van der Waals surface area contributed by atoms with E-state index in [1.165, 1.54) is 28.6 Å². The first kappa shape index (κ1) is 14.8. The van der Waals surface area contributed by atoms with Crippen molar-refractivity contribution in [1.29, 1.82) is 0 Å². The Balaban J connectivity index is 1.68. The molecule has 1 aliphatic carbocycles. The third-order valence-electron chi connectivity index (χ3n) is 4.13. The molecular weight excluding hydrogens is 290 g/mol. The van der Waals surface area contributed by atoms with Gasteiger partial charge in [-0.1, -0.05) is 0 Å². The predicted molar refractivity (Wildman–Crippen MR) is 86.3 cm³/mol. The molecule has 0 aromatic carbocycles. The zero-order valence-electron chi connectivity index (χ0n) is 11.9. The van der Waals surface area contributed by atoms with Crippen LogP contribution in [0.4, 0.5) is 0 Å². The summed E-state index contributed by atoms with van der Waals surface area (Å²) in [5.74, 6) is 5.47. The van der Waals surface area contributed by atoms with E-state index in [-0.39, 0.29) is 6.10 Å². The Morgan fingerprint density at radius 2 is 2.05 bits per heavy atom. The summed E-state index contributed by atoms with van der Waals surface area (Å²) >= 11 is 4.10. The first-order chi connectivity index (χ1) is 9.72. The van der Waals surface area contributed by atoms with Crippen molar-refractivity contribution in [3.05, 3.63) is 18.0 Å². The lowest BCUT2D eigenvalue weighted by Crippen LogP contribution is -2.44. The van der Waals surface area contributed by atoms with Gasteiger partial charge < -0.3 is 10.4 Å². The number of nitrogens with one attached hydrogen (secondary N) is 1. The van der Waals surface area contributed by atoms with Gasteiger partial charge in [-0.3, -0.25) is 4.68 Å². The van der Waals surface area contributed by atoms with Gasteiger partial charge in [0.2, 0.25) is 0 Å². The van der Waals surface area contributed by atoms with Crippen LogP contribution in [0.3, 0.4) is 0 Å². The lowest BCUT2D eigenvalue weighted by atomic mass is 9.75. The van der Waals surface area contributed by atoms with Crippen molar-refractivity contribution in [3.8, 4) is 0 Å². The van der Waals surface area contributed by atoms with Gasteiger partial charge in [-0.05, 0) is 18.8 Å². The van der Waals surface area contributed by atoms with E-state index in [0.29, 0.717) is 18.0 Å². The van der Waals surface area contributed by atoms with Gasteiger partial charge in [0.1, 0.15) is 0 Å². The van der Waals surface area contributed by atoms with Crippen LogP contribution >= 0.6 is 23.5 Å². The first-order valence-corrected chi connectivity index (χ1v) is 9.61. The minimum atomic E-state index is -0.0983. The lowest BCUT2D eigenvalue weighted by molar-refractivity contribution is 0.0228. The van der Waals surface area contributed by atoms with E-state index >= 15 is 0 Å². The highest BCUT2D eigenvalue weighted by Gasteiger charge is 2.36. The molecule has 0 radical (unpaired) electrons. The molecule has 0 amide bonds. The van der Waals surface area contributed by atoms with E-state index in [1.54, 1.807) is 0 Å². The SMILES string of the molecule is Cn1cc(C(NC2CSCCSC2)C2CC(O)C2)cn1. The molecule has 112 valence electrons. The molecule has 1 saturated carbocycles. The molecular formula is C14H23N3OS2. The van der Waals surface area contributed by atoms with E-state index in [9.17, 15) is 5.11 Å². The second kappa shape index (κ2) is 6.73. The highest BCUT2D eigenvalue weighted by molar-refractivity contribution is 8.03. The van der Waals surface area contributed by atoms with Crippen LogP contribution in [-0.2, 0) is 7.05 Å². The van der Waals surface area contributed by atoms with Crippen LogP contribution in [-0.4, -0.2) is 50.0 Å². The second-order valence-corrected chi connectivity index (χ2v) is 8.12. The number of thioether (sulfide) groups is 2. The molecule has 1 unspecified atom stereocenters. The fourth-order valence-electron chi connectivity index (χ4n) is 2.97. The normalized spacial score (nSPS) is 29.7. The summed E-state index contributed by atoms with van der Waals surface area (Å²) in [6.07, 6.45) is 5.82. The smallest absolute Gasteiger partial charge is 0.0547 e. The standard InChI is InChI=1S/C14H23N3OS2/c1-17-7-11(6-15-17)14(10-4-13(18)5-10)16-12-8-19-2-3-20-9-12/h6-7,10,12-14,16,18H,2-5,8-9H2,1H3. The van der Waals surface area contributed by atoms with Crippen LogP contribution in [0.1, 0.15) is 24.4 Å². The van der Waals surface area contributed by atoms with Crippen LogP contribution in [0.5, 0.6) is 0 Å². The second-order valence-electron chi connectivity index (χ2n) is 5.82. The Kier molecular flexibility index (Phi) is 4.96. The molecule has 4 nitrogen and oxygen atoms in total. The van der Waals surface area contributed by atoms with Gasteiger partial charge in [0.15, 0.2) is 0 Å². The molecule has 6 heteroatoms. The topological polar surface area (TPSA) is 50.1 Å². The number of nitrogens with zero attached hydrogens (tertiary/aromatic N) is 2. The number of rotatable bonds is 4. The number of hydrogen-bond donors (Lipinski definition) is 2. The molecule has 1 atom stereocenters. The fourth-order valence-corrected chi connectivity index (χ4v) is 5.40. The van der Waals surface area contributed by atoms with Crippen LogP contribution in [0, 0.1) is 5.92 Å². The third kappa shape index (κ3) is 3.53. The summed E-state index contributed by atoms with van der Waals surface area (Å²) in [6.45, 7) is 0. The summed E-state index contributed by atoms with van der Waals surface area (Å²) in [5, 5.41) is 17.8. The quantitative estimate of drug-likeness (QED) is 0.885. The van der Waals surface area contributed by atoms with E-state index in [4.69, 9.17) is 0 Å². The summed E-state index contributed by atoms with van der Waals surface area (Å²) in [5.41, 5.74) is 1.27. The van der Waals surface area contributed by atoms with E-state index in [2.05, 4.69) is 40.1 Å². The highest BCUT2D eigenvalue weighted by atomic mass is 32.2. The summed E-state index contributed by atoms with van der Waals surface area (Å²) in [7, 11) is 1.97. The van der Waals surface area contributed by atoms with Crippen molar-refractivity contribution in [2.75, 3.05) is 23.0 Å². The van der Waals surface area contributed by atoms with Crippen LogP contribution < -0.4 is 5.32 Å². The summed E-state index contributed by atoms with van der Waals surface area (Å²) in [4.78, 5) is 0. The Morgan fingerprint density at radius 1 is 1.35 bits per heavy atom. The zero-order valence-corrected chi connectivity index (χ0v) is 13.5. The van der Waals surface area contributed by atoms with Crippen molar-refractivity contribution in [1.82, 2.24) is 15.1 Å². The molecule has 1 saturated heterocycles. The van der Waals surface area contributed by atoms with Crippen LogP contribution in [0.2, 0.25) is 0 Å².